The largest absolute Gasteiger partial charge is 0.479 e. The fourth-order valence-electron chi connectivity index (χ4n) is 4.00. The van der Waals surface area contributed by atoms with E-state index in [4.69, 9.17) is 9.47 Å². The third kappa shape index (κ3) is 3.35. The van der Waals surface area contributed by atoms with Gasteiger partial charge in [-0.15, -0.1) is 5.10 Å². The first-order chi connectivity index (χ1) is 14.6. The Kier molecular flexibility index (Phi) is 4.74. The normalized spacial score (nSPS) is 19.9. The molecule has 5 rings (SSSR count). The molecule has 0 bridgehead atoms. The van der Waals surface area contributed by atoms with Crippen LogP contribution in [0.5, 0.6) is 5.88 Å². The van der Waals surface area contributed by atoms with Crippen LogP contribution < -0.4 is 10.1 Å². The molecule has 9 heteroatoms. The molecular weight excluding hydrogens is 384 g/mol. The van der Waals surface area contributed by atoms with Crippen molar-refractivity contribution in [3.8, 4) is 17.3 Å². The molecule has 30 heavy (non-hydrogen) atoms. The summed E-state index contributed by atoms with van der Waals surface area (Å²) in [5.41, 5.74) is 2.12. The number of hydrogen-bond acceptors (Lipinski definition) is 6. The molecule has 1 fully saturated rings. The number of carbonyl (C=O) groups is 1. The lowest BCUT2D eigenvalue weighted by molar-refractivity contribution is -0.0610. The van der Waals surface area contributed by atoms with Crippen molar-refractivity contribution in [2.75, 3.05) is 19.0 Å². The molecule has 2 unspecified atom stereocenters. The van der Waals surface area contributed by atoms with E-state index in [1.54, 1.807) is 16.9 Å². The Morgan fingerprint density at radius 3 is 3.00 bits per heavy atom. The number of aromatic nitrogens is 5. The molecule has 3 aromatic rings. The Labute approximate surface area is 174 Å². The van der Waals surface area contributed by atoms with Crippen LogP contribution in [-0.4, -0.2) is 50.0 Å². The molecule has 0 spiro atoms. The summed E-state index contributed by atoms with van der Waals surface area (Å²) in [4.78, 5) is 22.0. The van der Waals surface area contributed by atoms with Gasteiger partial charge in [-0.3, -0.25) is 9.48 Å². The summed E-state index contributed by atoms with van der Waals surface area (Å²) in [6, 6.07) is 5.98. The van der Waals surface area contributed by atoms with Gasteiger partial charge in [-0.25, -0.2) is 9.97 Å². The molecule has 0 radical (unpaired) electrons. The average Bonchev–Trinajstić information content (AvgIpc) is 3.41. The second kappa shape index (κ2) is 7.56. The van der Waals surface area contributed by atoms with E-state index in [1.165, 1.54) is 7.11 Å². The lowest BCUT2D eigenvalue weighted by Crippen LogP contribution is -2.31. The zero-order valence-electron chi connectivity index (χ0n) is 17.0. The van der Waals surface area contributed by atoms with Crippen LogP contribution in [-0.2, 0) is 17.7 Å². The van der Waals surface area contributed by atoms with E-state index in [0.29, 0.717) is 24.0 Å². The number of hydrogen-bond donors (Lipinski definition) is 1. The average molecular weight is 408 g/mol. The Hall–Kier alpha value is -3.20. The third-order valence-electron chi connectivity index (χ3n) is 5.70. The number of methoxy groups -OCH3 is 1. The summed E-state index contributed by atoms with van der Waals surface area (Å²) >= 11 is 0. The number of imidazole rings is 1. The van der Waals surface area contributed by atoms with Gasteiger partial charge < -0.3 is 19.4 Å². The maximum absolute atomic E-state index is 12.9. The number of fused-ring (bicyclic) bond motifs is 1. The van der Waals surface area contributed by atoms with Gasteiger partial charge in [-0.05, 0) is 31.9 Å². The molecule has 2 atom stereocenters. The highest BCUT2D eigenvalue weighted by Gasteiger charge is 2.25. The number of rotatable bonds is 6. The first-order valence-electron chi connectivity index (χ1n) is 10.2. The van der Waals surface area contributed by atoms with Crippen molar-refractivity contribution in [1.82, 2.24) is 24.3 Å². The number of anilines is 1. The molecular formula is C21H24N6O3. The number of nitrogens with zero attached hydrogens (tertiary/aromatic N) is 5. The van der Waals surface area contributed by atoms with Crippen LogP contribution in [0.1, 0.15) is 42.0 Å². The van der Waals surface area contributed by atoms with Gasteiger partial charge in [0.15, 0.2) is 0 Å². The second-order valence-electron chi connectivity index (χ2n) is 7.74. The van der Waals surface area contributed by atoms with Crippen molar-refractivity contribution in [2.24, 2.45) is 0 Å². The minimum Gasteiger partial charge on any atom is -0.479 e. The molecule has 0 saturated carbocycles. The summed E-state index contributed by atoms with van der Waals surface area (Å²) in [6.07, 6.45) is 6.75. The van der Waals surface area contributed by atoms with Crippen LogP contribution in [0.15, 0.2) is 30.6 Å². The Bertz CT molecular complexity index is 1080. The molecule has 5 heterocycles. The highest BCUT2D eigenvalue weighted by Crippen LogP contribution is 2.31. The molecule has 1 N–H and O–H groups in total. The zero-order chi connectivity index (χ0) is 20.7. The fraction of sp³-hybridized carbons (Fsp3) is 0.429. The molecule has 0 aliphatic carbocycles. The molecule has 9 nitrogen and oxygen atoms in total. The highest BCUT2D eigenvalue weighted by molar-refractivity contribution is 6.05. The summed E-state index contributed by atoms with van der Waals surface area (Å²) in [6.45, 7) is 3.56. The molecule has 156 valence electrons. The van der Waals surface area contributed by atoms with Gasteiger partial charge in [0, 0.05) is 25.3 Å². The second-order valence-corrected chi connectivity index (χ2v) is 7.74. The molecule has 3 aromatic heterocycles. The van der Waals surface area contributed by atoms with E-state index in [2.05, 4.69) is 31.9 Å². The van der Waals surface area contributed by atoms with Crippen molar-refractivity contribution in [3.63, 3.8) is 0 Å². The van der Waals surface area contributed by atoms with Gasteiger partial charge >= 0.3 is 0 Å². The Morgan fingerprint density at radius 1 is 1.37 bits per heavy atom. The van der Waals surface area contributed by atoms with Crippen molar-refractivity contribution in [3.05, 3.63) is 42.0 Å². The van der Waals surface area contributed by atoms with Gasteiger partial charge in [-0.2, -0.15) is 0 Å². The Morgan fingerprint density at radius 2 is 2.23 bits per heavy atom. The first-order valence-corrected chi connectivity index (χ1v) is 10.2. The predicted molar refractivity (Wildman–Crippen MR) is 110 cm³/mol. The van der Waals surface area contributed by atoms with E-state index in [9.17, 15) is 4.79 Å². The van der Waals surface area contributed by atoms with Gasteiger partial charge in [0.2, 0.25) is 5.88 Å². The zero-order valence-corrected chi connectivity index (χ0v) is 17.0. The minimum absolute atomic E-state index is 0.142. The van der Waals surface area contributed by atoms with E-state index in [-0.39, 0.29) is 17.9 Å². The number of carbonyl (C=O) groups excluding carboxylic acids is 1. The number of pyridine rings is 1. The van der Waals surface area contributed by atoms with Crippen LogP contribution in [0.25, 0.3) is 11.4 Å². The smallest absolute Gasteiger partial charge is 0.263 e. The number of ether oxygens (including phenoxy) is 2. The molecule has 1 amide bonds. The van der Waals surface area contributed by atoms with Crippen LogP contribution in [0, 0.1) is 0 Å². The summed E-state index contributed by atoms with van der Waals surface area (Å²) in [7, 11) is 1.50. The quantitative estimate of drug-likeness (QED) is 0.674. The maximum atomic E-state index is 12.9. The lowest BCUT2D eigenvalue weighted by atomic mass is 10.2. The monoisotopic (exact) mass is 408 g/mol. The maximum Gasteiger partial charge on any atom is 0.263 e. The highest BCUT2D eigenvalue weighted by atomic mass is 16.5. The lowest BCUT2D eigenvalue weighted by Gasteiger charge is -2.25. The van der Waals surface area contributed by atoms with E-state index < -0.39 is 0 Å². The minimum atomic E-state index is -0.316. The number of aryl methyl sites for hydroxylation is 1. The van der Waals surface area contributed by atoms with Crippen LogP contribution >= 0.6 is 0 Å². The van der Waals surface area contributed by atoms with Crippen LogP contribution in [0.3, 0.4) is 0 Å². The first kappa shape index (κ1) is 18.8. The van der Waals surface area contributed by atoms with E-state index >= 15 is 0 Å². The van der Waals surface area contributed by atoms with Crippen molar-refractivity contribution >= 4 is 11.7 Å². The van der Waals surface area contributed by atoms with Crippen molar-refractivity contribution in [2.45, 2.75) is 44.9 Å². The van der Waals surface area contributed by atoms with Crippen molar-refractivity contribution in [1.29, 1.82) is 0 Å². The molecule has 1 saturated heterocycles. The third-order valence-corrected chi connectivity index (χ3v) is 5.70. The van der Waals surface area contributed by atoms with E-state index in [0.717, 1.165) is 43.1 Å². The van der Waals surface area contributed by atoms with Gasteiger partial charge in [0.25, 0.3) is 5.91 Å². The standard InChI is InChI=1S/C21H24N6O3/c1-13-6-7-19-22-10-17(27(13)19)16-4-3-5-18(23-16)24-20(28)15-12-26(25-21(15)29-2)11-14-8-9-30-14/h3-5,10,12-14H,6-9,11H2,1-2H3,(H,23,24,28). The van der Waals surface area contributed by atoms with E-state index in [1.807, 2.05) is 18.3 Å². The van der Waals surface area contributed by atoms with Crippen LogP contribution in [0.4, 0.5) is 5.82 Å². The molecule has 2 aliphatic rings. The number of nitrogens with one attached hydrogen (secondary N) is 1. The predicted octanol–water partition coefficient (Wildman–Crippen LogP) is 2.70. The molecule has 2 aliphatic heterocycles. The van der Waals surface area contributed by atoms with Crippen LogP contribution in [0.2, 0.25) is 0 Å². The number of amides is 1. The van der Waals surface area contributed by atoms with Gasteiger partial charge in [0.05, 0.1) is 37.3 Å². The SMILES string of the molecule is COc1nn(CC2CCO2)cc1C(=O)Nc1cccc(-c2cnc3n2C(C)CC3)n1. The fourth-order valence-corrected chi connectivity index (χ4v) is 4.00. The van der Waals surface area contributed by atoms with Crippen molar-refractivity contribution < 1.29 is 14.3 Å². The summed E-state index contributed by atoms with van der Waals surface area (Å²) in [5, 5.41) is 7.21. The molecule has 0 aromatic carbocycles. The topological polar surface area (TPSA) is 96.1 Å². The summed E-state index contributed by atoms with van der Waals surface area (Å²) in [5.74, 6) is 1.52. The van der Waals surface area contributed by atoms with Gasteiger partial charge in [0.1, 0.15) is 17.2 Å². The summed E-state index contributed by atoms with van der Waals surface area (Å²) < 4.78 is 14.7. The van der Waals surface area contributed by atoms with Gasteiger partial charge in [-0.1, -0.05) is 6.07 Å². The Balaban J connectivity index is 1.36.